The molecule has 2 aliphatic carbocycles. The molecule has 2 aliphatic rings. The molecular weight excluding hydrogens is 673 g/mol. The van der Waals surface area contributed by atoms with Crippen molar-refractivity contribution in [1.29, 1.82) is 0 Å². The Labute approximate surface area is 317 Å². The number of furan rings is 1. The van der Waals surface area contributed by atoms with Crippen molar-refractivity contribution >= 4 is 91.3 Å². The molecule has 11 rings (SSSR count). The number of allylic oxidation sites excluding steroid dienone is 10. The lowest BCUT2D eigenvalue weighted by atomic mass is 9.71. The molecule has 0 radical (unpaired) electrons. The van der Waals surface area contributed by atoms with E-state index in [4.69, 9.17) is 11.0 Å². The van der Waals surface area contributed by atoms with Gasteiger partial charge in [-0.25, -0.2) is 0 Å². The Kier molecular flexibility index (Phi) is 7.05. The van der Waals surface area contributed by atoms with Gasteiger partial charge in [0.25, 0.3) is 0 Å². The zero-order valence-corrected chi connectivity index (χ0v) is 30.6. The van der Waals surface area contributed by atoms with Crippen molar-refractivity contribution < 1.29 is 4.42 Å². The van der Waals surface area contributed by atoms with E-state index in [2.05, 4.69) is 170 Å². The Balaban J connectivity index is 1.08. The van der Waals surface area contributed by atoms with Gasteiger partial charge in [-0.3, -0.25) is 0 Å². The third kappa shape index (κ3) is 4.63. The predicted molar refractivity (Wildman–Crippen MR) is 234 cm³/mol. The lowest BCUT2D eigenvalue weighted by molar-refractivity contribution is 0.413. The summed E-state index contributed by atoms with van der Waals surface area (Å²) in [4.78, 5) is 0. The van der Waals surface area contributed by atoms with Gasteiger partial charge in [-0.1, -0.05) is 140 Å². The maximum absolute atomic E-state index is 6.81. The number of hydrogen-bond donors (Lipinski definition) is 0. The SMILES string of the molecule is C=CC(CC(=C)c1c2ccccc2c(-c2ccc3oc4c(ccc5ccc6sc7ccccc7c6c54)c3c2)c2ccccc12)C1C=CC=C2C=CC=CC21. The number of thiophene rings is 1. The minimum atomic E-state index is 0.247. The smallest absolute Gasteiger partial charge is 0.143 e. The minimum absolute atomic E-state index is 0.247. The fourth-order valence-electron chi connectivity index (χ4n) is 9.51. The highest BCUT2D eigenvalue weighted by molar-refractivity contribution is 7.26. The van der Waals surface area contributed by atoms with Crippen LogP contribution in [0.1, 0.15) is 12.0 Å². The Bertz CT molecular complexity index is 3140. The second-order valence-corrected chi connectivity index (χ2v) is 15.9. The van der Waals surface area contributed by atoms with Crippen molar-refractivity contribution in [2.45, 2.75) is 6.42 Å². The molecular formula is C52H36OS. The average Bonchev–Trinajstić information content (AvgIpc) is 3.80. The van der Waals surface area contributed by atoms with Crippen LogP contribution in [0.25, 0.3) is 91.1 Å². The topological polar surface area (TPSA) is 13.1 Å². The fraction of sp³-hybridized carbons (Fsp3) is 0.0769. The predicted octanol–water partition coefficient (Wildman–Crippen LogP) is 15.1. The van der Waals surface area contributed by atoms with Crippen LogP contribution in [0.4, 0.5) is 0 Å². The lowest BCUT2D eigenvalue weighted by Crippen LogP contribution is -2.23. The molecule has 2 heteroatoms. The molecule has 2 aromatic heterocycles. The van der Waals surface area contributed by atoms with Crippen LogP contribution >= 0.6 is 11.3 Å². The van der Waals surface area contributed by atoms with Crippen LogP contribution in [0.3, 0.4) is 0 Å². The van der Waals surface area contributed by atoms with Gasteiger partial charge >= 0.3 is 0 Å². The highest BCUT2D eigenvalue weighted by atomic mass is 32.1. The van der Waals surface area contributed by atoms with Gasteiger partial charge in [-0.15, -0.1) is 17.9 Å². The molecule has 7 aromatic carbocycles. The third-order valence-electron chi connectivity index (χ3n) is 12.0. The van der Waals surface area contributed by atoms with E-state index < -0.39 is 0 Å². The van der Waals surface area contributed by atoms with Gasteiger partial charge in [0, 0.05) is 42.2 Å². The van der Waals surface area contributed by atoms with E-state index in [0.29, 0.717) is 11.8 Å². The van der Waals surface area contributed by atoms with E-state index in [0.717, 1.165) is 33.9 Å². The minimum Gasteiger partial charge on any atom is -0.455 e. The Morgan fingerprint density at radius 2 is 1.43 bits per heavy atom. The van der Waals surface area contributed by atoms with Gasteiger partial charge in [-0.05, 0) is 103 Å². The van der Waals surface area contributed by atoms with Crippen LogP contribution in [0.15, 0.2) is 187 Å². The van der Waals surface area contributed by atoms with E-state index in [9.17, 15) is 0 Å². The largest absolute Gasteiger partial charge is 0.455 e. The van der Waals surface area contributed by atoms with Crippen molar-refractivity contribution in [3.63, 3.8) is 0 Å². The molecule has 0 fully saturated rings. The Morgan fingerprint density at radius 1 is 0.685 bits per heavy atom. The lowest BCUT2D eigenvalue weighted by Gasteiger charge is -2.33. The second kappa shape index (κ2) is 12.2. The first-order chi connectivity index (χ1) is 26.7. The Morgan fingerprint density at radius 3 is 2.22 bits per heavy atom. The molecule has 0 bridgehead atoms. The zero-order valence-electron chi connectivity index (χ0n) is 29.8. The first kappa shape index (κ1) is 31.3. The van der Waals surface area contributed by atoms with Crippen LogP contribution in [0.5, 0.6) is 0 Å². The van der Waals surface area contributed by atoms with E-state index in [1.54, 1.807) is 0 Å². The van der Waals surface area contributed by atoms with E-state index in [-0.39, 0.29) is 5.92 Å². The number of hydrogen-bond acceptors (Lipinski definition) is 2. The van der Waals surface area contributed by atoms with Crippen molar-refractivity contribution in [3.05, 3.63) is 188 Å². The second-order valence-electron chi connectivity index (χ2n) is 14.8. The summed E-state index contributed by atoms with van der Waals surface area (Å²) in [6.45, 7) is 9.15. The molecule has 0 amide bonds. The van der Waals surface area contributed by atoms with Gasteiger partial charge in [0.15, 0.2) is 0 Å². The van der Waals surface area contributed by atoms with Gasteiger partial charge in [0.05, 0.1) is 0 Å². The molecule has 0 saturated carbocycles. The summed E-state index contributed by atoms with van der Waals surface area (Å²) in [5.74, 6) is 0.937. The van der Waals surface area contributed by atoms with Crippen LogP contribution in [0.2, 0.25) is 0 Å². The summed E-state index contributed by atoms with van der Waals surface area (Å²) in [5, 5.41) is 12.2. The van der Waals surface area contributed by atoms with E-state index in [1.807, 2.05) is 11.3 Å². The van der Waals surface area contributed by atoms with Crippen LogP contribution in [0, 0.1) is 17.8 Å². The van der Waals surface area contributed by atoms with Gasteiger partial charge in [0.2, 0.25) is 0 Å². The number of benzene rings is 7. The van der Waals surface area contributed by atoms with Crippen LogP contribution in [-0.2, 0) is 0 Å². The summed E-state index contributed by atoms with van der Waals surface area (Å²) in [7, 11) is 0. The molecule has 3 unspecified atom stereocenters. The standard InChI is InChI=1S/C52H36OS/c1-3-32(36-21-12-14-33-13-4-5-15-37(33)36)29-31(2)48-38-16-6-8-18-40(38)49(41-19-9-7-17-39(41)48)35-24-27-45-44(30-35)42-26-23-34-25-28-47-51(50(34)52(42)53-45)43-20-10-11-22-46(43)54-47/h3-28,30,32,36-37H,1-2,29H2. The molecule has 0 aliphatic heterocycles. The molecule has 0 saturated heterocycles. The molecule has 9 aromatic rings. The normalized spacial score (nSPS) is 17.3. The van der Waals surface area contributed by atoms with E-state index in [1.165, 1.54) is 74.8 Å². The van der Waals surface area contributed by atoms with Crippen molar-refractivity contribution in [1.82, 2.24) is 0 Å². The molecule has 0 spiro atoms. The number of rotatable bonds is 6. The average molecular weight is 709 g/mol. The van der Waals surface area contributed by atoms with E-state index >= 15 is 0 Å². The van der Waals surface area contributed by atoms with Gasteiger partial charge in [0.1, 0.15) is 11.2 Å². The summed E-state index contributed by atoms with van der Waals surface area (Å²) in [6, 6.07) is 42.2. The summed E-state index contributed by atoms with van der Waals surface area (Å²) in [6.07, 6.45) is 18.7. The van der Waals surface area contributed by atoms with Crippen molar-refractivity contribution in [2.75, 3.05) is 0 Å². The first-order valence-corrected chi connectivity index (χ1v) is 19.6. The first-order valence-electron chi connectivity index (χ1n) is 18.8. The fourth-order valence-corrected chi connectivity index (χ4v) is 10.6. The maximum atomic E-state index is 6.81. The zero-order chi connectivity index (χ0) is 35.9. The van der Waals surface area contributed by atoms with Gasteiger partial charge in [-0.2, -0.15) is 0 Å². The van der Waals surface area contributed by atoms with Crippen LogP contribution in [-0.4, -0.2) is 0 Å². The summed E-state index contributed by atoms with van der Waals surface area (Å²) >= 11 is 1.85. The van der Waals surface area contributed by atoms with Crippen molar-refractivity contribution in [2.24, 2.45) is 17.8 Å². The molecule has 54 heavy (non-hydrogen) atoms. The molecule has 3 atom stereocenters. The molecule has 2 heterocycles. The summed E-state index contributed by atoms with van der Waals surface area (Å²) in [5.41, 5.74) is 8.04. The van der Waals surface area contributed by atoms with Gasteiger partial charge < -0.3 is 4.42 Å². The highest BCUT2D eigenvalue weighted by Gasteiger charge is 2.30. The third-order valence-corrected chi connectivity index (χ3v) is 13.1. The quantitative estimate of drug-likeness (QED) is 0.124. The Hall–Kier alpha value is -6.22. The van der Waals surface area contributed by atoms with Crippen LogP contribution < -0.4 is 0 Å². The highest BCUT2D eigenvalue weighted by Crippen LogP contribution is 2.47. The monoisotopic (exact) mass is 708 g/mol. The van der Waals surface area contributed by atoms with Crippen molar-refractivity contribution in [3.8, 4) is 11.1 Å². The summed E-state index contributed by atoms with van der Waals surface area (Å²) < 4.78 is 9.40. The number of fused-ring (bicyclic) bond motifs is 12. The molecule has 1 nitrogen and oxygen atoms in total. The maximum Gasteiger partial charge on any atom is 0.143 e. The molecule has 0 N–H and O–H groups in total. The molecule has 256 valence electrons.